The highest BCUT2D eigenvalue weighted by Gasteiger charge is 2.41. The van der Waals surface area contributed by atoms with Crippen molar-refractivity contribution in [3.05, 3.63) is 30.0 Å². The number of piperidine rings is 2. The van der Waals surface area contributed by atoms with E-state index in [1.165, 1.54) is 0 Å². The summed E-state index contributed by atoms with van der Waals surface area (Å²) in [4.78, 5) is 10.8. The lowest BCUT2D eigenvalue weighted by molar-refractivity contribution is -0.00693. The monoisotopic (exact) mass is 391 g/mol. The summed E-state index contributed by atoms with van der Waals surface area (Å²) in [5.74, 6) is 0.577. The molecule has 146 valence electrons. The van der Waals surface area contributed by atoms with Crippen molar-refractivity contribution in [3.63, 3.8) is 0 Å². The molecule has 2 saturated heterocycles. The Morgan fingerprint density at radius 3 is 2.56 bits per heavy atom. The summed E-state index contributed by atoms with van der Waals surface area (Å²) in [6.45, 7) is 3.49. The number of nitrogens with zero attached hydrogens (tertiary/aromatic N) is 4. The summed E-state index contributed by atoms with van der Waals surface area (Å²) < 4.78 is 32.1. The first kappa shape index (κ1) is 18.4. The minimum absolute atomic E-state index is 0.0431. The van der Waals surface area contributed by atoms with E-state index in [2.05, 4.69) is 25.1 Å². The van der Waals surface area contributed by atoms with Crippen LogP contribution in [-0.4, -0.2) is 57.5 Å². The maximum absolute atomic E-state index is 13.1. The molecule has 0 aromatic carbocycles. The molecule has 2 fully saturated rings. The molecule has 2 aromatic rings. The molecule has 0 saturated carbocycles. The molecular weight excluding hydrogens is 366 g/mol. The fourth-order valence-corrected chi connectivity index (χ4v) is 6.46. The van der Waals surface area contributed by atoms with Gasteiger partial charge >= 0.3 is 0 Å². The highest BCUT2D eigenvalue weighted by molar-refractivity contribution is 7.91. The minimum atomic E-state index is -3.43. The van der Waals surface area contributed by atoms with E-state index in [1.807, 2.05) is 0 Å². The molecule has 2 bridgehead atoms. The van der Waals surface area contributed by atoms with Crippen LogP contribution < -0.4 is 4.74 Å². The Labute approximate surface area is 159 Å². The van der Waals surface area contributed by atoms with Gasteiger partial charge in [0.05, 0.1) is 17.6 Å². The van der Waals surface area contributed by atoms with Crippen LogP contribution in [0.15, 0.2) is 23.5 Å². The van der Waals surface area contributed by atoms with E-state index < -0.39 is 9.84 Å². The molecular formula is C18H25N5O3S. The van der Waals surface area contributed by atoms with Gasteiger partial charge in [0.1, 0.15) is 16.9 Å². The lowest BCUT2D eigenvalue weighted by Gasteiger charge is -2.48. The van der Waals surface area contributed by atoms with Crippen molar-refractivity contribution in [2.45, 2.75) is 69.0 Å². The van der Waals surface area contributed by atoms with Crippen molar-refractivity contribution in [1.29, 1.82) is 0 Å². The van der Waals surface area contributed by atoms with Crippen molar-refractivity contribution in [2.75, 3.05) is 5.88 Å². The second-order valence-electron chi connectivity index (χ2n) is 7.51. The average molecular weight is 391 g/mol. The van der Waals surface area contributed by atoms with Crippen molar-refractivity contribution in [2.24, 2.45) is 0 Å². The molecule has 3 atom stereocenters. The van der Waals surface area contributed by atoms with Crippen LogP contribution >= 0.6 is 0 Å². The molecule has 27 heavy (non-hydrogen) atoms. The molecule has 0 spiro atoms. The largest absolute Gasteiger partial charge is 0.473 e. The lowest BCUT2D eigenvalue weighted by Crippen LogP contribution is -2.55. The molecule has 4 heterocycles. The van der Waals surface area contributed by atoms with Gasteiger partial charge in [0, 0.05) is 24.5 Å². The zero-order valence-corrected chi connectivity index (χ0v) is 16.4. The van der Waals surface area contributed by atoms with Crippen LogP contribution in [0, 0.1) is 13.8 Å². The number of hydrogen-bond donors (Lipinski definition) is 1. The topological polar surface area (TPSA) is 101 Å². The van der Waals surface area contributed by atoms with Crippen molar-refractivity contribution in [1.82, 2.24) is 25.1 Å². The molecule has 0 aliphatic carbocycles. The first-order valence-corrected chi connectivity index (χ1v) is 11.0. The summed E-state index contributed by atoms with van der Waals surface area (Å²) in [6.07, 6.45) is 9.66. The van der Waals surface area contributed by atoms with Crippen molar-refractivity contribution >= 4 is 9.84 Å². The third-order valence-electron chi connectivity index (χ3n) is 5.60. The van der Waals surface area contributed by atoms with Crippen molar-refractivity contribution in [3.8, 4) is 5.88 Å². The van der Waals surface area contributed by atoms with E-state index in [0.29, 0.717) is 22.2 Å². The Hall–Kier alpha value is -2.00. The van der Waals surface area contributed by atoms with Gasteiger partial charge in [-0.1, -0.05) is 6.42 Å². The number of aromatic amines is 1. The summed E-state index contributed by atoms with van der Waals surface area (Å²) in [5, 5.41) is 6.84. The second-order valence-corrected chi connectivity index (χ2v) is 9.41. The van der Waals surface area contributed by atoms with Crippen LogP contribution in [-0.2, 0) is 9.84 Å². The standard InChI is InChI=1S/C18H25N5O3S/c1-12-18(13(2)22-21-12)27(24,25)11-23-14-4-3-5-15(23)9-16(8-14)26-17-10-19-6-7-20-17/h6-7,10,14-16H,3-5,8-9,11H2,1-2H3,(H,21,22)/t14-,15+,16+. The Bertz CT molecular complexity index is 865. The Morgan fingerprint density at radius 2 is 1.96 bits per heavy atom. The molecule has 0 radical (unpaired) electrons. The predicted octanol–water partition coefficient (Wildman–Crippen LogP) is 2.01. The molecule has 2 aromatic heterocycles. The quantitative estimate of drug-likeness (QED) is 0.832. The predicted molar refractivity (Wildman–Crippen MR) is 99.1 cm³/mol. The summed E-state index contributed by atoms with van der Waals surface area (Å²) in [5.41, 5.74) is 1.15. The van der Waals surface area contributed by atoms with Gasteiger partial charge in [-0.3, -0.25) is 15.0 Å². The molecule has 0 unspecified atom stereocenters. The number of fused-ring (bicyclic) bond motifs is 2. The summed E-state index contributed by atoms with van der Waals surface area (Å²) in [6, 6.07) is 0.419. The number of hydrogen-bond acceptors (Lipinski definition) is 7. The van der Waals surface area contributed by atoms with Crippen LogP contribution in [0.2, 0.25) is 0 Å². The first-order valence-electron chi connectivity index (χ1n) is 9.37. The molecule has 2 aliphatic rings. The second kappa shape index (κ2) is 7.20. The number of rotatable bonds is 5. The van der Waals surface area contributed by atoms with Crippen LogP contribution in [0.25, 0.3) is 0 Å². The van der Waals surface area contributed by atoms with Gasteiger partial charge in [-0.05, 0) is 39.5 Å². The third kappa shape index (κ3) is 3.70. The normalized spacial score (nSPS) is 26.1. The molecule has 1 N–H and O–H groups in total. The Balaban J connectivity index is 1.50. The van der Waals surface area contributed by atoms with Gasteiger partial charge < -0.3 is 4.74 Å². The van der Waals surface area contributed by atoms with E-state index in [-0.39, 0.29) is 24.1 Å². The molecule has 0 amide bonds. The lowest BCUT2D eigenvalue weighted by atomic mass is 9.83. The molecule has 2 aliphatic heterocycles. The fourth-order valence-electron chi connectivity index (χ4n) is 4.51. The Morgan fingerprint density at radius 1 is 1.22 bits per heavy atom. The third-order valence-corrected chi connectivity index (χ3v) is 7.46. The van der Waals surface area contributed by atoms with Gasteiger partial charge in [-0.25, -0.2) is 13.4 Å². The van der Waals surface area contributed by atoms with Gasteiger partial charge in [0.15, 0.2) is 9.84 Å². The van der Waals surface area contributed by atoms with Gasteiger partial charge in [0.25, 0.3) is 0 Å². The first-order chi connectivity index (χ1) is 12.9. The molecule has 8 nitrogen and oxygen atoms in total. The van der Waals surface area contributed by atoms with Crippen LogP contribution in [0.1, 0.15) is 43.5 Å². The van der Waals surface area contributed by atoms with Gasteiger partial charge in [-0.15, -0.1) is 0 Å². The zero-order chi connectivity index (χ0) is 19.0. The fraction of sp³-hybridized carbons (Fsp3) is 0.611. The highest BCUT2D eigenvalue weighted by atomic mass is 32.2. The zero-order valence-electron chi connectivity index (χ0n) is 15.6. The van der Waals surface area contributed by atoms with Gasteiger partial charge in [0.2, 0.25) is 5.88 Å². The molecule has 4 rings (SSSR count). The van der Waals surface area contributed by atoms with E-state index in [4.69, 9.17) is 4.74 Å². The number of aryl methyl sites for hydroxylation is 2. The molecule has 9 heteroatoms. The number of sulfone groups is 1. The summed E-state index contributed by atoms with van der Waals surface area (Å²) in [7, 11) is -3.43. The number of H-pyrrole nitrogens is 1. The maximum atomic E-state index is 13.1. The number of aromatic nitrogens is 4. The Kier molecular flexibility index (Phi) is 4.90. The maximum Gasteiger partial charge on any atom is 0.232 e. The number of nitrogens with one attached hydrogen (secondary N) is 1. The van der Waals surface area contributed by atoms with E-state index in [9.17, 15) is 8.42 Å². The van der Waals surface area contributed by atoms with Crippen LogP contribution in [0.3, 0.4) is 0 Å². The smallest absolute Gasteiger partial charge is 0.232 e. The van der Waals surface area contributed by atoms with Crippen LogP contribution in [0.4, 0.5) is 0 Å². The van der Waals surface area contributed by atoms with E-state index in [1.54, 1.807) is 32.4 Å². The van der Waals surface area contributed by atoms with E-state index in [0.717, 1.165) is 32.1 Å². The number of ether oxygens (including phenoxy) is 1. The van der Waals surface area contributed by atoms with Crippen molar-refractivity contribution < 1.29 is 13.2 Å². The van der Waals surface area contributed by atoms with Crippen LogP contribution in [0.5, 0.6) is 5.88 Å². The summed E-state index contributed by atoms with van der Waals surface area (Å²) >= 11 is 0. The average Bonchev–Trinajstić information content (AvgIpc) is 2.95. The minimum Gasteiger partial charge on any atom is -0.473 e. The van der Waals surface area contributed by atoms with E-state index >= 15 is 0 Å². The van der Waals surface area contributed by atoms with Gasteiger partial charge in [-0.2, -0.15) is 5.10 Å². The SMILES string of the molecule is Cc1n[nH]c(C)c1S(=O)(=O)CN1[C@@H]2CCC[C@H]1C[C@@H](Oc1cnccn1)C2. The highest BCUT2D eigenvalue weighted by Crippen LogP contribution is 2.36.